The van der Waals surface area contributed by atoms with E-state index in [1.807, 2.05) is 127 Å². The molecule has 0 amide bonds. The lowest BCUT2D eigenvalue weighted by atomic mass is 10.1. The van der Waals surface area contributed by atoms with Gasteiger partial charge in [0.05, 0.1) is 33.3 Å². The van der Waals surface area contributed by atoms with Gasteiger partial charge in [-0.1, -0.05) is 103 Å². The summed E-state index contributed by atoms with van der Waals surface area (Å²) in [5.41, 5.74) is 7.24. The second-order valence-electron chi connectivity index (χ2n) is 12.0. The third-order valence-electron chi connectivity index (χ3n) is 9.13. The van der Waals surface area contributed by atoms with Crippen molar-refractivity contribution in [2.24, 2.45) is 0 Å². The van der Waals surface area contributed by atoms with Crippen LogP contribution in [-0.2, 0) is 0 Å². The molecule has 10 rings (SSSR count). The van der Waals surface area contributed by atoms with Crippen molar-refractivity contribution in [3.05, 3.63) is 162 Å². The first kappa shape index (κ1) is 27.2. The molecule has 0 fully saturated rings. The lowest BCUT2D eigenvalue weighted by molar-refractivity contribution is 0.932. The smallest absolute Gasteiger partial charge is 0.278 e. The Morgan fingerprint density at radius 1 is 0.429 bits per heavy atom. The Morgan fingerprint density at radius 2 is 0.980 bits per heavy atom. The van der Waals surface area contributed by atoms with Crippen molar-refractivity contribution >= 4 is 49.4 Å². The highest BCUT2D eigenvalue weighted by molar-refractivity contribution is 6.10. The summed E-state index contributed by atoms with van der Waals surface area (Å²) in [5.74, 6) is 1.69. The van der Waals surface area contributed by atoms with Crippen molar-refractivity contribution in [2.75, 3.05) is 0 Å². The van der Waals surface area contributed by atoms with Crippen LogP contribution in [-0.4, -0.2) is 33.5 Å². The Morgan fingerprint density at radius 3 is 1.67 bits per heavy atom. The summed E-state index contributed by atoms with van der Waals surface area (Å²) in [6.45, 7) is 0. The molecule has 0 bridgehead atoms. The lowest BCUT2D eigenvalue weighted by Crippen LogP contribution is -2.25. The number of fused-ring (bicyclic) bond motifs is 8. The summed E-state index contributed by atoms with van der Waals surface area (Å²) in [5, 5.41) is 2.89. The van der Waals surface area contributed by atoms with Gasteiger partial charge in [0, 0.05) is 27.3 Å². The van der Waals surface area contributed by atoms with Crippen LogP contribution in [0.15, 0.2) is 156 Å². The molecule has 4 aromatic heterocycles. The maximum Gasteiger partial charge on any atom is 0.339 e. The average molecular weight is 632 g/mol. The maximum absolute atomic E-state index is 14.4. The maximum atomic E-state index is 14.4. The Hall–Kier alpha value is -6.93. The zero-order valence-electron chi connectivity index (χ0n) is 26.0. The van der Waals surface area contributed by atoms with Crippen LogP contribution in [0.3, 0.4) is 0 Å². The van der Waals surface area contributed by atoms with E-state index in [0.717, 1.165) is 60.6 Å². The standard InChI is InChI=1S/C41H25N7O/c49-41-46(34-21-11-8-18-30(34)39-42-32-19-9-12-22-36(32)48(39)41)28-23-24-35-31(25-28)29-17-7-10-20-33(29)47(35)40-44-37(26-13-3-1-4-14-26)43-38(45-40)27-15-5-2-6-16-27/h1-25H. The van der Waals surface area contributed by atoms with Crippen LogP contribution in [0.1, 0.15) is 0 Å². The van der Waals surface area contributed by atoms with Crippen LogP contribution >= 0.6 is 0 Å². The van der Waals surface area contributed by atoms with Crippen LogP contribution in [0.2, 0.25) is 0 Å². The fraction of sp³-hybridized carbons (Fsp3) is 0. The second-order valence-corrected chi connectivity index (χ2v) is 12.0. The normalized spacial score (nSPS) is 11.8. The minimum Gasteiger partial charge on any atom is -0.278 e. The van der Waals surface area contributed by atoms with E-state index in [2.05, 4.69) is 28.8 Å². The number of para-hydroxylation sites is 4. The van der Waals surface area contributed by atoms with E-state index in [9.17, 15) is 4.79 Å². The quantitative estimate of drug-likeness (QED) is 0.195. The number of hydrogen-bond acceptors (Lipinski definition) is 5. The van der Waals surface area contributed by atoms with E-state index in [1.165, 1.54) is 0 Å². The minimum atomic E-state index is -0.178. The fourth-order valence-electron chi connectivity index (χ4n) is 6.92. The van der Waals surface area contributed by atoms with Crippen molar-refractivity contribution in [3.63, 3.8) is 0 Å². The van der Waals surface area contributed by atoms with E-state index in [-0.39, 0.29) is 5.69 Å². The molecule has 0 atom stereocenters. The molecule has 0 saturated carbocycles. The summed E-state index contributed by atoms with van der Waals surface area (Å²) in [6.07, 6.45) is 0. The van der Waals surface area contributed by atoms with Gasteiger partial charge in [-0.2, -0.15) is 9.97 Å². The first-order valence-electron chi connectivity index (χ1n) is 16.0. The number of rotatable bonds is 4. The van der Waals surface area contributed by atoms with E-state index >= 15 is 0 Å². The topological polar surface area (TPSA) is 82.9 Å². The monoisotopic (exact) mass is 631 g/mol. The summed E-state index contributed by atoms with van der Waals surface area (Å²) in [7, 11) is 0. The van der Waals surface area contributed by atoms with Crippen LogP contribution < -0.4 is 5.69 Å². The first-order chi connectivity index (χ1) is 24.2. The van der Waals surface area contributed by atoms with Crippen molar-refractivity contribution in [3.8, 4) is 34.4 Å². The van der Waals surface area contributed by atoms with E-state index < -0.39 is 0 Å². The Labute approximate surface area is 278 Å². The second kappa shape index (κ2) is 10.5. The van der Waals surface area contributed by atoms with E-state index in [0.29, 0.717) is 23.2 Å². The molecule has 8 heteroatoms. The zero-order valence-corrected chi connectivity index (χ0v) is 26.0. The van der Waals surface area contributed by atoms with Crippen LogP contribution in [0.5, 0.6) is 0 Å². The molecule has 0 aliphatic carbocycles. The van der Waals surface area contributed by atoms with Gasteiger partial charge >= 0.3 is 5.69 Å². The van der Waals surface area contributed by atoms with Crippen LogP contribution in [0.25, 0.3) is 83.8 Å². The van der Waals surface area contributed by atoms with Gasteiger partial charge in [0.25, 0.3) is 0 Å². The van der Waals surface area contributed by atoms with Crippen molar-refractivity contribution in [1.29, 1.82) is 0 Å². The molecule has 0 saturated heterocycles. The van der Waals surface area contributed by atoms with Gasteiger partial charge in [-0.25, -0.2) is 19.2 Å². The summed E-state index contributed by atoms with van der Waals surface area (Å²) in [4.78, 5) is 34.3. The molecule has 6 aromatic carbocycles. The van der Waals surface area contributed by atoms with Gasteiger partial charge < -0.3 is 0 Å². The SMILES string of the molecule is O=c1n(-c2ccc3c(c2)c2ccccc2n3-c2nc(-c3ccccc3)nc(-c3ccccc3)n2)c2ccccc2c2nc3ccccc3n12. The highest BCUT2D eigenvalue weighted by Gasteiger charge is 2.20. The molecule has 10 aromatic rings. The first-order valence-corrected chi connectivity index (χ1v) is 16.0. The van der Waals surface area contributed by atoms with Gasteiger partial charge in [0.2, 0.25) is 5.95 Å². The minimum absolute atomic E-state index is 0.178. The van der Waals surface area contributed by atoms with E-state index in [1.54, 1.807) is 8.97 Å². The summed E-state index contributed by atoms with van der Waals surface area (Å²) >= 11 is 0. The number of imidazole rings is 1. The molecule has 0 spiro atoms. The highest BCUT2D eigenvalue weighted by atomic mass is 16.1. The molecule has 4 heterocycles. The molecule has 49 heavy (non-hydrogen) atoms. The number of benzene rings is 6. The van der Waals surface area contributed by atoms with Gasteiger partial charge in [0.1, 0.15) is 0 Å². The Bertz CT molecular complexity index is 2900. The fourth-order valence-corrected chi connectivity index (χ4v) is 6.92. The average Bonchev–Trinajstić information content (AvgIpc) is 3.72. The van der Waals surface area contributed by atoms with Crippen molar-refractivity contribution in [1.82, 2.24) is 33.5 Å². The Kier molecular flexibility index (Phi) is 5.86. The molecule has 0 aliphatic heterocycles. The largest absolute Gasteiger partial charge is 0.339 e. The predicted molar refractivity (Wildman–Crippen MR) is 194 cm³/mol. The molecule has 8 nitrogen and oxygen atoms in total. The predicted octanol–water partition coefficient (Wildman–Crippen LogP) is 8.41. The molecule has 230 valence electrons. The number of hydrogen-bond donors (Lipinski definition) is 0. The molecular formula is C41H25N7O. The summed E-state index contributed by atoms with van der Waals surface area (Å²) < 4.78 is 5.58. The number of nitrogens with zero attached hydrogens (tertiary/aromatic N) is 7. The van der Waals surface area contributed by atoms with Gasteiger partial charge in [-0.05, 0) is 48.5 Å². The van der Waals surface area contributed by atoms with Crippen LogP contribution in [0.4, 0.5) is 0 Å². The molecule has 0 N–H and O–H groups in total. The van der Waals surface area contributed by atoms with Gasteiger partial charge in [0.15, 0.2) is 17.3 Å². The van der Waals surface area contributed by atoms with E-state index in [4.69, 9.17) is 19.9 Å². The van der Waals surface area contributed by atoms with Crippen molar-refractivity contribution < 1.29 is 0 Å². The molecular weight excluding hydrogens is 606 g/mol. The molecule has 0 aliphatic rings. The Balaban J connectivity index is 1.26. The third kappa shape index (κ3) is 4.14. The molecule has 0 unspecified atom stereocenters. The summed E-state index contributed by atoms with van der Waals surface area (Å²) in [6, 6.07) is 50.0. The van der Waals surface area contributed by atoms with Crippen molar-refractivity contribution in [2.45, 2.75) is 0 Å². The highest BCUT2D eigenvalue weighted by Crippen LogP contribution is 2.34. The van der Waals surface area contributed by atoms with Crippen LogP contribution in [0, 0.1) is 0 Å². The van der Waals surface area contributed by atoms with Gasteiger partial charge in [-0.3, -0.25) is 9.13 Å². The molecule has 0 radical (unpaired) electrons. The lowest BCUT2D eigenvalue weighted by Gasteiger charge is -2.13. The zero-order chi connectivity index (χ0) is 32.5. The third-order valence-corrected chi connectivity index (χ3v) is 9.13. The number of aromatic nitrogens is 7. The van der Waals surface area contributed by atoms with Gasteiger partial charge in [-0.15, -0.1) is 0 Å².